The standard InChI is InChI=1S/C20H15F2NO3S/c21-16-10-11-18(22)20(14-16)27(24,25)23-12-3-4-13-26-19-9-5-7-15-6-1-2-8-17(15)19/h1-2,5-11,14,23H,12-13H2. The van der Waals surface area contributed by atoms with E-state index >= 15 is 0 Å². The third-order valence-electron chi connectivity index (χ3n) is 3.71. The molecule has 0 aliphatic carbocycles. The Labute approximate surface area is 155 Å². The molecule has 138 valence electrons. The Kier molecular flexibility index (Phi) is 5.69. The van der Waals surface area contributed by atoms with Gasteiger partial charge in [-0.3, -0.25) is 0 Å². The molecule has 0 bridgehead atoms. The minimum atomic E-state index is -4.19. The predicted octanol–water partition coefficient (Wildman–Crippen LogP) is 3.48. The monoisotopic (exact) mass is 387 g/mol. The second kappa shape index (κ2) is 8.16. The summed E-state index contributed by atoms with van der Waals surface area (Å²) in [5.74, 6) is 4.06. The Morgan fingerprint density at radius 1 is 0.963 bits per heavy atom. The van der Waals surface area contributed by atoms with Gasteiger partial charge in [0.1, 0.15) is 28.9 Å². The van der Waals surface area contributed by atoms with Gasteiger partial charge in [0, 0.05) is 5.39 Å². The summed E-state index contributed by atoms with van der Waals surface area (Å²) in [5, 5.41) is 1.98. The molecule has 0 saturated heterocycles. The van der Waals surface area contributed by atoms with Crippen molar-refractivity contribution in [3.05, 3.63) is 72.3 Å². The first-order valence-corrected chi connectivity index (χ1v) is 9.47. The first kappa shape index (κ1) is 18.8. The summed E-state index contributed by atoms with van der Waals surface area (Å²) in [5.41, 5.74) is 0. The molecule has 3 aromatic rings. The summed E-state index contributed by atoms with van der Waals surface area (Å²) in [6.07, 6.45) is 0. The third-order valence-corrected chi connectivity index (χ3v) is 5.12. The fourth-order valence-corrected chi connectivity index (χ4v) is 3.45. The van der Waals surface area contributed by atoms with E-state index in [9.17, 15) is 17.2 Å². The van der Waals surface area contributed by atoms with Crippen LogP contribution in [0.15, 0.2) is 65.6 Å². The molecule has 0 radical (unpaired) electrons. The first-order valence-electron chi connectivity index (χ1n) is 7.98. The number of sulfonamides is 1. The lowest BCUT2D eigenvalue weighted by Crippen LogP contribution is -2.25. The van der Waals surface area contributed by atoms with Crippen LogP contribution in [0.5, 0.6) is 5.75 Å². The van der Waals surface area contributed by atoms with E-state index in [1.165, 1.54) is 0 Å². The maximum absolute atomic E-state index is 13.6. The van der Waals surface area contributed by atoms with Crippen LogP contribution in [0, 0.1) is 23.5 Å². The van der Waals surface area contributed by atoms with E-state index in [0.717, 1.165) is 22.9 Å². The number of halogens is 2. The molecule has 0 amide bonds. The van der Waals surface area contributed by atoms with E-state index in [2.05, 4.69) is 16.6 Å². The number of fused-ring (bicyclic) bond motifs is 1. The fourth-order valence-electron chi connectivity index (χ4n) is 2.44. The van der Waals surface area contributed by atoms with Crippen LogP contribution < -0.4 is 9.46 Å². The highest BCUT2D eigenvalue weighted by Crippen LogP contribution is 2.24. The molecule has 3 rings (SSSR count). The molecule has 0 aliphatic heterocycles. The fraction of sp³-hybridized carbons (Fsp3) is 0.100. The average Bonchev–Trinajstić information content (AvgIpc) is 2.66. The third kappa shape index (κ3) is 4.61. The lowest BCUT2D eigenvalue weighted by atomic mass is 10.1. The summed E-state index contributed by atoms with van der Waals surface area (Å²) in [6.45, 7) is -0.193. The van der Waals surface area contributed by atoms with Gasteiger partial charge in [-0.1, -0.05) is 48.2 Å². The molecule has 0 fully saturated rings. The van der Waals surface area contributed by atoms with Crippen molar-refractivity contribution in [2.75, 3.05) is 13.2 Å². The molecule has 0 aliphatic rings. The number of hydrogen-bond acceptors (Lipinski definition) is 3. The highest BCUT2D eigenvalue weighted by molar-refractivity contribution is 7.89. The second-order valence-corrected chi connectivity index (χ2v) is 7.25. The van der Waals surface area contributed by atoms with Crippen LogP contribution in [-0.4, -0.2) is 21.6 Å². The van der Waals surface area contributed by atoms with E-state index in [-0.39, 0.29) is 13.2 Å². The maximum atomic E-state index is 13.6. The van der Waals surface area contributed by atoms with Gasteiger partial charge >= 0.3 is 0 Å². The molecule has 7 heteroatoms. The van der Waals surface area contributed by atoms with Crippen LogP contribution in [0.4, 0.5) is 8.78 Å². The van der Waals surface area contributed by atoms with Gasteiger partial charge in [-0.15, -0.1) is 0 Å². The second-order valence-electron chi connectivity index (χ2n) is 5.52. The lowest BCUT2D eigenvalue weighted by molar-refractivity contribution is 0.374. The molecule has 0 saturated carbocycles. The Bertz CT molecular complexity index is 1130. The zero-order valence-corrected chi connectivity index (χ0v) is 14.9. The minimum Gasteiger partial charge on any atom is -0.480 e. The van der Waals surface area contributed by atoms with E-state index in [0.29, 0.717) is 11.8 Å². The first-order chi connectivity index (χ1) is 13.0. The van der Waals surface area contributed by atoms with E-state index in [4.69, 9.17) is 4.74 Å². The van der Waals surface area contributed by atoms with Gasteiger partial charge in [-0.2, -0.15) is 4.72 Å². The van der Waals surface area contributed by atoms with Gasteiger partial charge in [0.05, 0.1) is 6.54 Å². The average molecular weight is 387 g/mol. The molecule has 4 nitrogen and oxygen atoms in total. The van der Waals surface area contributed by atoms with Crippen molar-refractivity contribution in [3.8, 4) is 17.6 Å². The number of nitrogens with one attached hydrogen (secondary N) is 1. The molecule has 1 N–H and O–H groups in total. The maximum Gasteiger partial charge on any atom is 0.244 e. The largest absolute Gasteiger partial charge is 0.480 e. The summed E-state index contributed by atoms with van der Waals surface area (Å²) >= 11 is 0. The Hall–Kier alpha value is -2.95. The molecule has 27 heavy (non-hydrogen) atoms. The zero-order valence-electron chi connectivity index (χ0n) is 14.1. The zero-order chi connectivity index (χ0) is 19.3. The minimum absolute atomic E-state index is 0.0596. The van der Waals surface area contributed by atoms with Crippen molar-refractivity contribution in [2.45, 2.75) is 4.90 Å². The number of hydrogen-bond donors (Lipinski definition) is 1. The van der Waals surface area contributed by atoms with Crippen LogP contribution >= 0.6 is 0 Å². The van der Waals surface area contributed by atoms with Crippen LogP contribution in [0.3, 0.4) is 0 Å². The van der Waals surface area contributed by atoms with E-state index in [1.807, 2.05) is 42.5 Å². The van der Waals surface area contributed by atoms with Crippen LogP contribution in [-0.2, 0) is 10.0 Å². The van der Waals surface area contributed by atoms with Crippen molar-refractivity contribution in [2.24, 2.45) is 0 Å². The van der Waals surface area contributed by atoms with Crippen molar-refractivity contribution in [1.29, 1.82) is 0 Å². The molecule has 0 unspecified atom stereocenters. The van der Waals surface area contributed by atoms with Gasteiger partial charge in [-0.05, 0) is 29.7 Å². The van der Waals surface area contributed by atoms with E-state index < -0.39 is 26.6 Å². The Balaban J connectivity index is 1.59. The SMILES string of the molecule is O=S(=O)(NCC#CCOc1cccc2ccccc12)c1cc(F)ccc1F. The Morgan fingerprint density at radius 3 is 2.59 bits per heavy atom. The van der Waals surface area contributed by atoms with Gasteiger partial charge in [-0.25, -0.2) is 17.2 Å². The van der Waals surface area contributed by atoms with Gasteiger partial charge in [0.15, 0.2) is 0 Å². The summed E-state index contributed by atoms with van der Waals surface area (Å²) < 4.78 is 58.4. The number of ether oxygens (including phenoxy) is 1. The smallest absolute Gasteiger partial charge is 0.244 e. The molecule has 3 aromatic carbocycles. The van der Waals surface area contributed by atoms with Crippen LogP contribution in [0.1, 0.15) is 0 Å². The van der Waals surface area contributed by atoms with Crippen molar-refractivity contribution in [3.63, 3.8) is 0 Å². The van der Waals surface area contributed by atoms with Gasteiger partial charge in [0.2, 0.25) is 10.0 Å². The Morgan fingerprint density at radius 2 is 1.74 bits per heavy atom. The van der Waals surface area contributed by atoms with Crippen LogP contribution in [0.25, 0.3) is 10.8 Å². The molecule has 0 aromatic heterocycles. The number of benzene rings is 3. The normalized spacial score (nSPS) is 11.0. The van der Waals surface area contributed by atoms with Crippen molar-refractivity contribution in [1.82, 2.24) is 4.72 Å². The lowest BCUT2D eigenvalue weighted by Gasteiger charge is -2.06. The molecule has 0 atom stereocenters. The summed E-state index contributed by atoms with van der Waals surface area (Å²) in [4.78, 5) is -0.753. The molecule has 0 heterocycles. The highest BCUT2D eigenvalue weighted by Gasteiger charge is 2.18. The molecular weight excluding hydrogens is 372 g/mol. The van der Waals surface area contributed by atoms with Gasteiger partial charge < -0.3 is 4.74 Å². The van der Waals surface area contributed by atoms with Crippen molar-refractivity contribution < 1.29 is 21.9 Å². The van der Waals surface area contributed by atoms with Crippen molar-refractivity contribution >= 4 is 20.8 Å². The summed E-state index contributed by atoms with van der Waals surface area (Å²) in [7, 11) is -4.19. The summed E-state index contributed by atoms with van der Waals surface area (Å²) in [6, 6.07) is 15.6. The number of rotatable bonds is 5. The van der Waals surface area contributed by atoms with E-state index in [1.54, 1.807) is 0 Å². The van der Waals surface area contributed by atoms with Crippen LogP contribution in [0.2, 0.25) is 0 Å². The molecular formula is C20H15F2NO3S. The molecule has 0 spiro atoms. The topological polar surface area (TPSA) is 55.4 Å². The predicted molar refractivity (Wildman–Crippen MR) is 98.8 cm³/mol. The van der Waals surface area contributed by atoms with Gasteiger partial charge in [0.25, 0.3) is 0 Å². The quantitative estimate of drug-likeness (QED) is 0.682. The highest BCUT2D eigenvalue weighted by atomic mass is 32.2.